The fraction of sp³-hybridized carbons (Fsp3) is 0.261. The van der Waals surface area contributed by atoms with E-state index in [2.05, 4.69) is 64.7 Å². The molecule has 1 heterocycles. The van der Waals surface area contributed by atoms with Gasteiger partial charge in [-0.1, -0.05) is 72.2 Å². The Bertz CT molecular complexity index is 944. The Morgan fingerprint density at radius 1 is 1.04 bits per heavy atom. The van der Waals surface area contributed by atoms with Crippen LogP contribution in [0.15, 0.2) is 70.3 Å². The number of nitrogens with one attached hydrogen (secondary N) is 2. The highest BCUT2D eigenvalue weighted by molar-refractivity contribution is 9.11. The number of para-hydroxylation sites is 2. The minimum Gasteiger partial charge on any atom is -0.372 e. The zero-order valence-electron chi connectivity index (χ0n) is 15.6. The molecule has 3 nitrogen and oxygen atoms in total. The first kappa shape index (κ1) is 18.1. The molecule has 2 N–H and O–H groups in total. The van der Waals surface area contributed by atoms with Gasteiger partial charge in [0.25, 0.3) is 0 Å². The van der Waals surface area contributed by atoms with E-state index in [1.807, 2.05) is 36.4 Å². The van der Waals surface area contributed by atoms with Gasteiger partial charge in [-0.15, -0.1) is 0 Å². The molecule has 0 bridgehead atoms. The molecule has 0 fully saturated rings. The number of fused-ring (bicyclic) bond motifs is 1. The van der Waals surface area contributed by atoms with E-state index >= 15 is 0 Å². The third kappa shape index (κ3) is 3.72. The number of benzene rings is 2. The Kier molecular flexibility index (Phi) is 4.68. The third-order valence-corrected chi connectivity index (χ3v) is 5.79. The Hall–Kier alpha value is -2.33. The van der Waals surface area contributed by atoms with Gasteiger partial charge >= 0.3 is 0 Å². The van der Waals surface area contributed by atoms with Crippen LogP contribution in [0.3, 0.4) is 0 Å². The predicted octanol–water partition coefficient (Wildman–Crippen LogP) is 5.97. The summed E-state index contributed by atoms with van der Waals surface area (Å²) in [7, 11) is 0. The summed E-state index contributed by atoms with van der Waals surface area (Å²) in [5.41, 5.74) is 4.94. The molecule has 1 atom stereocenters. The lowest BCUT2D eigenvalue weighted by atomic mass is 9.74. The van der Waals surface area contributed by atoms with Crippen molar-refractivity contribution >= 4 is 39.2 Å². The molecule has 0 saturated heterocycles. The van der Waals surface area contributed by atoms with E-state index in [1.54, 1.807) is 0 Å². The van der Waals surface area contributed by atoms with Gasteiger partial charge in [-0.3, -0.25) is 4.79 Å². The first-order chi connectivity index (χ1) is 12.9. The topological polar surface area (TPSA) is 41.1 Å². The standard InChI is InChI=1S/C23H23BrN2O/c1-23(2)13-19-21(20(27)14-23)22(16(24)12-15-8-4-3-5-9-15)26-18-11-7-6-10-17(18)25-19/h3-12,22,25-26H,13-14H2,1-2H3/b16-12-. The van der Waals surface area contributed by atoms with Crippen molar-refractivity contribution in [2.24, 2.45) is 5.41 Å². The van der Waals surface area contributed by atoms with Crippen LogP contribution < -0.4 is 10.6 Å². The number of allylic oxidation sites excluding steroid dienone is 1. The van der Waals surface area contributed by atoms with Crippen LogP contribution in [-0.4, -0.2) is 11.8 Å². The predicted molar refractivity (Wildman–Crippen MR) is 116 cm³/mol. The molecular weight excluding hydrogens is 400 g/mol. The molecule has 0 spiro atoms. The smallest absolute Gasteiger partial charge is 0.163 e. The minimum absolute atomic E-state index is 0.0393. The summed E-state index contributed by atoms with van der Waals surface area (Å²) in [6.45, 7) is 4.31. The van der Waals surface area contributed by atoms with E-state index in [-0.39, 0.29) is 17.2 Å². The van der Waals surface area contributed by atoms with Crippen LogP contribution in [-0.2, 0) is 4.79 Å². The number of ketones is 1. The molecule has 138 valence electrons. The van der Waals surface area contributed by atoms with Gasteiger partial charge in [-0.25, -0.2) is 0 Å². The van der Waals surface area contributed by atoms with Crippen molar-refractivity contribution in [1.29, 1.82) is 0 Å². The molecule has 1 aliphatic heterocycles. The van der Waals surface area contributed by atoms with E-state index in [0.717, 1.165) is 39.1 Å². The van der Waals surface area contributed by atoms with Crippen molar-refractivity contribution in [1.82, 2.24) is 0 Å². The van der Waals surface area contributed by atoms with Crippen LogP contribution in [0.1, 0.15) is 32.3 Å². The van der Waals surface area contributed by atoms with Crippen LogP contribution in [0.25, 0.3) is 6.08 Å². The number of Topliss-reactive ketones (excluding diaryl/α,β-unsaturated/α-hetero) is 1. The molecule has 0 amide bonds. The van der Waals surface area contributed by atoms with Crippen LogP contribution in [0.2, 0.25) is 0 Å². The zero-order valence-corrected chi connectivity index (χ0v) is 17.1. The van der Waals surface area contributed by atoms with Gasteiger partial charge in [-0.05, 0) is 35.6 Å². The zero-order chi connectivity index (χ0) is 19.0. The molecule has 4 heteroatoms. The summed E-state index contributed by atoms with van der Waals surface area (Å²) in [5.74, 6) is 0.206. The summed E-state index contributed by atoms with van der Waals surface area (Å²) in [5, 5.41) is 7.12. The third-order valence-electron chi connectivity index (χ3n) is 5.10. The lowest BCUT2D eigenvalue weighted by molar-refractivity contribution is -0.118. The molecule has 2 aromatic carbocycles. The highest BCUT2D eigenvalue weighted by Gasteiger charge is 2.38. The fourth-order valence-corrected chi connectivity index (χ4v) is 4.50. The minimum atomic E-state index is -0.208. The monoisotopic (exact) mass is 422 g/mol. The maximum Gasteiger partial charge on any atom is 0.163 e. The highest BCUT2D eigenvalue weighted by Crippen LogP contribution is 2.43. The van der Waals surface area contributed by atoms with E-state index in [4.69, 9.17) is 0 Å². The molecule has 4 rings (SSSR count). The summed E-state index contributed by atoms with van der Waals surface area (Å²) in [6.07, 6.45) is 3.50. The first-order valence-electron chi connectivity index (χ1n) is 9.24. The largest absolute Gasteiger partial charge is 0.372 e. The molecule has 2 aromatic rings. The highest BCUT2D eigenvalue weighted by atomic mass is 79.9. The summed E-state index contributed by atoms with van der Waals surface area (Å²) >= 11 is 3.77. The van der Waals surface area contributed by atoms with Crippen LogP contribution in [0, 0.1) is 5.41 Å². The molecule has 2 aliphatic rings. The van der Waals surface area contributed by atoms with Crippen molar-refractivity contribution in [2.45, 2.75) is 32.7 Å². The maximum absolute atomic E-state index is 13.1. The van der Waals surface area contributed by atoms with E-state index in [0.29, 0.717) is 6.42 Å². The Balaban J connectivity index is 1.83. The van der Waals surface area contributed by atoms with Crippen molar-refractivity contribution in [3.05, 3.63) is 75.9 Å². The lowest BCUT2D eigenvalue weighted by Crippen LogP contribution is -2.35. The molecule has 1 aliphatic carbocycles. The summed E-state index contributed by atoms with van der Waals surface area (Å²) in [6, 6.07) is 18.1. The average molecular weight is 423 g/mol. The van der Waals surface area contributed by atoms with E-state index in [9.17, 15) is 4.79 Å². The second-order valence-corrected chi connectivity index (χ2v) is 8.94. The maximum atomic E-state index is 13.1. The quantitative estimate of drug-likeness (QED) is 0.625. The number of hydrogen-bond donors (Lipinski definition) is 2. The van der Waals surface area contributed by atoms with Gasteiger partial charge < -0.3 is 10.6 Å². The lowest BCUT2D eigenvalue weighted by Gasteiger charge is -2.34. The van der Waals surface area contributed by atoms with Crippen LogP contribution >= 0.6 is 15.9 Å². The van der Waals surface area contributed by atoms with Gasteiger partial charge in [0, 0.05) is 22.2 Å². The van der Waals surface area contributed by atoms with Crippen molar-refractivity contribution < 1.29 is 4.79 Å². The molecule has 27 heavy (non-hydrogen) atoms. The molecule has 0 radical (unpaired) electrons. The fourth-order valence-electron chi connectivity index (χ4n) is 3.89. The van der Waals surface area contributed by atoms with Gasteiger partial charge in [-0.2, -0.15) is 0 Å². The Labute approximate surface area is 168 Å². The second-order valence-electron chi connectivity index (χ2n) is 8.02. The number of hydrogen-bond acceptors (Lipinski definition) is 3. The Morgan fingerprint density at radius 3 is 2.44 bits per heavy atom. The van der Waals surface area contributed by atoms with Crippen LogP contribution in [0.4, 0.5) is 11.4 Å². The van der Waals surface area contributed by atoms with Crippen LogP contribution in [0.5, 0.6) is 0 Å². The van der Waals surface area contributed by atoms with Crippen molar-refractivity contribution in [3.63, 3.8) is 0 Å². The molecule has 0 saturated carbocycles. The second kappa shape index (κ2) is 7.01. The van der Waals surface area contributed by atoms with Gasteiger partial charge in [0.2, 0.25) is 0 Å². The van der Waals surface area contributed by atoms with Crippen molar-refractivity contribution in [2.75, 3.05) is 10.6 Å². The average Bonchev–Trinajstić information content (AvgIpc) is 2.78. The number of anilines is 2. The number of rotatable bonds is 2. The molecular formula is C23H23BrN2O. The number of carbonyl (C=O) groups excluding carboxylic acids is 1. The first-order valence-corrected chi connectivity index (χ1v) is 10.0. The summed E-state index contributed by atoms with van der Waals surface area (Å²) < 4.78 is 0.952. The SMILES string of the molecule is CC1(C)CC(=O)C2=C(C1)Nc1ccccc1NC2/C(Br)=C/c1ccccc1. The molecule has 1 unspecified atom stereocenters. The normalized spacial score (nSPS) is 21.5. The number of carbonyl (C=O) groups is 1. The van der Waals surface area contributed by atoms with E-state index in [1.165, 1.54) is 0 Å². The summed E-state index contributed by atoms with van der Waals surface area (Å²) in [4.78, 5) is 13.1. The van der Waals surface area contributed by atoms with Crippen molar-refractivity contribution in [3.8, 4) is 0 Å². The number of halogens is 1. The van der Waals surface area contributed by atoms with E-state index < -0.39 is 0 Å². The van der Waals surface area contributed by atoms with Gasteiger partial charge in [0.1, 0.15) is 0 Å². The molecule has 0 aromatic heterocycles. The van der Waals surface area contributed by atoms with Gasteiger partial charge in [0.15, 0.2) is 5.78 Å². The van der Waals surface area contributed by atoms with Gasteiger partial charge in [0.05, 0.1) is 17.4 Å². The Morgan fingerprint density at radius 2 is 1.70 bits per heavy atom.